The molecule has 2 nitrogen and oxygen atoms in total. The molecule has 0 heterocycles. The van der Waals surface area contributed by atoms with Gasteiger partial charge < -0.3 is 5.73 Å². The number of nitrogen functional groups attached to an aromatic ring is 1. The maximum absolute atomic E-state index is 13.8. The summed E-state index contributed by atoms with van der Waals surface area (Å²) < 4.78 is 13.8. The predicted octanol–water partition coefficient (Wildman–Crippen LogP) is 3.68. The van der Waals surface area contributed by atoms with Gasteiger partial charge in [-0.25, -0.2) is 4.39 Å². The van der Waals surface area contributed by atoms with Crippen LogP contribution in [0.3, 0.4) is 0 Å². The lowest BCUT2D eigenvalue weighted by Gasteiger charge is -2.21. The molecule has 18 heavy (non-hydrogen) atoms. The average molecular weight is 266 g/mol. The first-order valence-corrected chi connectivity index (χ1v) is 7.46. The highest BCUT2D eigenvalue weighted by Crippen LogP contribution is 2.31. The minimum atomic E-state index is -0.244. The van der Waals surface area contributed by atoms with Crippen LogP contribution in [-0.4, -0.2) is 11.1 Å². The number of hydrogen-bond acceptors (Lipinski definition) is 2. The standard InChI is InChI=1S/C14H19FN2S/c15-13-8-10(14(16)17)6-7-11(13)9-18-12-4-2-1-3-5-12/h6-8,12H,1-5,9H2,(H3,16,17). The number of hydrogen-bond donors (Lipinski definition) is 2. The van der Waals surface area contributed by atoms with Crippen molar-refractivity contribution in [2.45, 2.75) is 43.1 Å². The van der Waals surface area contributed by atoms with Crippen molar-refractivity contribution in [3.63, 3.8) is 0 Å². The number of rotatable bonds is 4. The second-order valence-electron chi connectivity index (χ2n) is 4.79. The summed E-state index contributed by atoms with van der Waals surface area (Å²) in [7, 11) is 0. The molecule has 1 aliphatic rings. The van der Waals surface area contributed by atoms with Gasteiger partial charge in [-0.3, -0.25) is 5.41 Å². The highest BCUT2D eigenvalue weighted by molar-refractivity contribution is 7.99. The molecular formula is C14H19FN2S. The topological polar surface area (TPSA) is 49.9 Å². The van der Waals surface area contributed by atoms with Gasteiger partial charge in [0.2, 0.25) is 0 Å². The van der Waals surface area contributed by atoms with E-state index >= 15 is 0 Å². The molecule has 0 aliphatic heterocycles. The summed E-state index contributed by atoms with van der Waals surface area (Å²) >= 11 is 1.85. The van der Waals surface area contributed by atoms with E-state index in [1.165, 1.54) is 38.2 Å². The molecule has 0 aromatic heterocycles. The van der Waals surface area contributed by atoms with Gasteiger partial charge in [0.1, 0.15) is 11.7 Å². The Balaban J connectivity index is 1.94. The Labute approximate surface area is 112 Å². The lowest BCUT2D eigenvalue weighted by atomic mass is 10.0. The minimum Gasteiger partial charge on any atom is -0.384 e. The van der Waals surface area contributed by atoms with Crippen molar-refractivity contribution in [3.8, 4) is 0 Å². The Morgan fingerprint density at radius 1 is 1.33 bits per heavy atom. The molecule has 0 unspecified atom stereocenters. The maximum atomic E-state index is 13.8. The molecule has 0 saturated heterocycles. The number of benzene rings is 1. The van der Waals surface area contributed by atoms with Crippen molar-refractivity contribution >= 4 is 17.6 Å². The molecular weight excluding hydrogens is 247 g/mol. The maximum Gasteiger partial charge on any atom is 0.127 e. The van der Waals surface area contributed by atoms with E-state index < -0.39 is 0 Å². The molecule has 1 aromatic rings. The predicted molar refractivity (Wildman–Crippen MR) is 75.6 cm³/mol. The summed E-state index contributed by atoms with van der Waals surface area (Å²) in [6, 6.07) is 4.84. The molecule has 2 rings (SSSR count). The van der Waals surface area contributed by atoms with E-state index in [1.54, 1.807) is 12.1 Å². The Bertz CT molecular complexity index is 428. The zero-order chi connectivity index (χ0) is 13.0. The molecule has 0 atom stereocenters. The second kappa shape index (κ2) is 6.23. The smallest absolute Gasteiger partial charge is 0.127 e. The van der Waals surface area contributed by atoms with E-state index in [4.69, 9.17) is 11.1 Å². The van der Waals surface area contributed by atoms with Crippen LogP contribution < -0.4 is 5.73 Å². The normalized spacial score (nSPS) is 16.7. The fraction of sp³-hybridized carbons (Fsp3) is 0.500. The van der Waals surface area contributed by atoms with Gasteiger partial charge in [-0.15, -0.1) is 0 Å². The van der Waals surface area contributed by atoms with Crippen LogP contribution in [0, 0.1) is 11.2 Å². The van der Waals surface area contributed by atoms with Crippen LogP contribution in [0.1, 0.15) is 43.2 Å². The summed E-state index contributed by atoms with van der Waals surface area (Å²) in [5.41, 5.74) is 6.51. The van der Waals surface area contributed by atoms with Crippen LogP contribution >= 0.6 is 11.8 Å². The lowest BCUT2D eigenvalue weighted by molar-refractivity contribution is 0.516. The van der Waals surface area contributed by atoms with Crippen molar-refractivity contribution < 1.29 is 4.39 Å². The zero-order valence-corrected chi connectivity index (χ0v) is 11.2. The van der Waals surface area contributed by atoms with Crippen molar-refractivity contribution in [2.24, 2.45) is 5.73 Å². The van der Waals surface area contributed by atoms with Crippen LogP contribution in [-0.2, 0) is 5.75 Å². The van der Waals surface area contributed by atoms with Gasteiger partial charge in [0.25, 0.3) is 0 Å². The number of thioether (sulfide) groups is 1. The van der Waals surface area contributed by atoms with E-state index in [-0.39, 0.29) is 11.7 Å². The largest absolute Gasteiger partial charge is 0.384 e. The van der Waals surface area contributed by atoms with Gasteiger partial charge in [0, 0.05) is 16.6 Å². The summed E-state index contributed by atoms with van der Waals surface area (Å²) in [5.74, 6) is 0.390. The molecule has 0 spiro atoms. The number of amidine groups is 1. The van der Waals surface area contributed by atoms with Crippen LogP contribution in [0.25, 0.3) is 0 Å². The number of nitrogens with one attached hydrogen (secondary N) is 1. The highest BCUT2D eigenvalue weighted by Gasteiger charge is 2.14. The van der Waals surface area contributed by atoms with Gasteiger partial charge in [0.05, 0.1) is 0 Å². The van der Waals surface area contributed by atoms with Gasteiger partial charge in [-0.2, -0.15) is 11.8 Å². The zero-order valence-electron chi connectivity index (χ0n) is 10.4. The third-order valence-corrected chi connectivity index (χ3v) is 4.81. The molecule has 1 aliphatic carbocycles. The monoisotopic (exact) mass is 266 g/mol. The van der Waals surface area contributed by atoms with Crippen LogP contribution in [0.4, 0.5) is 4.39 Å². The van der Waals surface area contributed by atoms with Gasteiger partial charge in [-0.1, -0.05) is 31.4 Å². The van der Waals surface area contributed by atoms with Crippen molar-refractivity contribution in [3.05, 3.63) is 35.1 Å². The minimum absolute atomic E-state index is 0.0830. The van der Waals surface area contributed by atoms with E-state index in [9.17, 15) is 4.39 Å². The number of halogens is 1. The first-order chi connectivity index (χ1) is 8.66. The van der Waals surface area contributed by atoms with Crippen LogP contribution in [0.2, 0.25) is 0 Å². The molecule has 0 radical (unpaired) electrons. The van der Waals surface area contributed by atoms with Gasteiger partial charge in [-0.05, 0) is 24.5 Å². The number of nitrogens with two attached hydrogens (primary N) is 1. The quantitative estimate of drug-likeness (QED) is 0.645. The molecule has 1 saturated carbocycles. The summed E-state index contributed by atoms with van der Waals surface area (Å²) in [6.07, 6.45) is 6.49. The average Bonchev–Trinajstić information content (AvgIpc) is 2.38. The van der Waals surface area contributed by atoms with E-state index in [0.29, 0.717) is 16.6 Å². The molecule has 98 valence electrons. The Morgan fingerprint density at radius 3 is 2.67 bits per heavy atom. The summed E-state index contributed by atoms with van der Waals surface area (Å²) in [6.45, 7) is 0. The third-order valence-electron chi connectivity index (χ3n) is 3.39. The van der Waals surface area contributed by atoms with E-state index in [2.05, 4.69) is 0 Å². The van der Waals surface area contributed by atoms with Crippen molar-refractivity contribution in [1.82, 2.24) is 0 Å². The van der Waals surface area contributed by atoms with Crippen LogP contribution in [0.5, 0.6) is 0 Å². The summed E-state index contributed by atoms with van der Waals surface area (Å²) in [5, 5.41) is 7.96. The Morgan fingerprint density at radius 2 is 2.06 bits per heavy atom. The first-order valence-electron chi connectivity index (χ1n) is 6.41. The fourth-order valence-corrected chi connectivity index (χ4v) is 3.59. The van der Waals surface area contributed by atoms with Crippen molar-refractivity contribution in [1.29, 1.82) is 5.41 Å². The molecule has 3 N–H and O–H groups in total. The highest BCUT2D eigenvalue weighted by atomic mass is 32.2. The fourth-order valence-electron chi connectivity index (χ4n) is 2.27. The third kappa shape index (κ3) is 3.48. The molecule has 1 aromatic carbocycles. The first kappa shape index (κ1) is 13.4. The molecule has 4 heteroatoms. The molecule has 0 amide bonds. The van der Waals surface area contributed by atoms with Gasteiger partial charge >= 0.3 is 0 Å². The lowest BCUT2D eigenvalue weighted by Crippen LogP contribution is -2.12. The second-order valence-corrected chi connectivity index (χ2v) is 6.08. The van der Waals surface area contributed by atoms with Gasteiger partial charge in [0.15, 0.2) is 0 Å². The Kier molecular flexibility index (Phi) is 4.64. The SMILES string of the molecule is N=C(N)c1ccc(CSC2CCCCC2)c(F)c1. The van der Waals surface area contributed by atoms with E-state index in [1.807, 2.05) is 11.8 Å². The molecule has 0 bridgehead atoms. The Hall–Kier alpha value is -1.03. The van der Waals surface area contributed by atoms with E-state index in [0.717, 1.165) is 5.56 Å². The van der Waals surface area contributed by atoms with Crippen LogP contribution in [0.15, 0.2) is 18.2 Å². The molecule has 1 fully saturated rings. The van der Waals surface area contributed by atoms with Crippen molar-refractivity contribution in [2.75, 3.05) is 0 Å². The summed E-state index contributed by atoms with van der Waals surface area (Å²) in [4.78, 5) is 0.